The number of halogens is 1. The molecule has 1 fully saturated rings. The SMILES string of the molecule is CC1(C2(O)Cc3c(O)c4c(c(O)c3C(O)C2F)C(=O)c2ccccc2C4=O)OCCO1. The van der Waals surface area contributed by atoms with Crippen molar-refractivity contribution in [2.24, 2.45) is 0 Å². The predicted molar refractivity (Wildman–Crippen MR) is 102 cm³/mol. The summed E-state index contributed by atoms with van der Waals surface area (Å²) in [5.41, 5.74) is -4.03. The molecule has 0 saturated carbocycles. The zero-order chi connectivity index (χ0) is 22.3. The van der Waals surface area contributed by atoms with Crippen molar-refractivity contribution in [1.82, 2.24) is 0 Å². The third kappa shape index (κ3) is 2.37. The van der Waals surface area contributed by atoms with Gasteiger partial charge in [-0.25, -0.2) is 4.39 Å². The number of benzene rings is 2. The summed E-state index contributed by atoms with van der Waals surface area (Å²) >= 11 is 0. The quantitative estimate of drug-likeness (QED) is 0.425. The van der Waals surface area contributed by atoms with Crippen molar-refractivity contribution < 1.29 is 43.9 Å². The highest BCUT2D eigenvalue weighted by Crippen LogP contribution is 2.54. The first kappa shape index (κ1) is 20.1. The summed E-state index contributed by atoms with van der Waals surface area (Å²) in [7, 11) is 0. The van der Waals surface area contributed by atoms with E-state index in [-0.39, 0.29) is 29.9 Å². The standard InChI is InChI=1S/C22H19FO8/c1-21(30-6-7-31-21)22(29)8-11-12(19(28)20(22)23)18(27)14-13(17(11)26)15(24)9-4-2-3-5-10(9)16(14)25/h2-5,19-20,26-29H,6-8H2,1H3. The fourth-order valence-electron chi connectivity index (χ4n) is 4.83. The fourth-order valence-corrected chi connectivity index (χ4v) is 4.83. The van der Waals surface area contributed by atoms with E-state index in [2.05, 4.69) is 0 Å². The first-order chi connectivity index (χ1) is 14.6. The van der Waals surface area contributed by atoms with E-state index in [1.54, 1.807) is 12.1 Å². The molecule has 2 aromatic rings. The number of phenols is 2. The number of ether oxygens (including phenoxy) is 2. The zero-order valence-corrected chi connectivity index (χ0v) is 16.4. The van der Waals surface area contributed by atoms with Crippen molar-refractivity contribution in [3.8, 4) is 11.5 Å². The fraction of sp³-hybridized carbons (Fsp3) is 0.364. The lowest BCUT2D eigenvalue weighted by atomic mass is 9.70. The van der Waals surface area contributed by atoms with Crippen molar-refractivity contribution in [2.75, 3.05) is 13.2 Å². The van der Waals surface area contributed by atoms with Gasteiger partial charge in [0.25, 0.3) is 0 Å². The van der Waals surface area contributed by atoms with Gasteiger partial charge in [0.1, 0.15) is 17.6 Å². The monoisotopic (exact) mass is 430 g/mol. The highest BCUT2D eigenvalue weighted by molar-refractivity contribution is 6.30. The molecular formula is C22H19FO8. The van der Waals surface area contributed by atoms with Gasteiger partial charge >= 0.3 is 0 Å². The molecule has 0 amide bonds. The van der Waals surface area contributed by atoms with Crippen LogP contribution in [0.4, 0.5) is 4.39 Å². The number of carbonyl (C=O) groups is 2. The zero-order valence-electron chi connectivity index (χ0n) is 16.4. The summed E-state index contributed by atoms with van der Waals surface area (Å²) < 4.78 is 26.1. The summed E-state index contributed by atoms with van der Waals surface area (Å²) in [6, 6.07) is 5.91. The number of hydrogen-bond acceptors (Lipinski definition) is 8. The minimum absolute atomic E-state index is 0.0218. The van der Waals surface area contributed by atoms with Crippen LogP contribution in [-0.2, 0) is 15.9 Å². The van der Waals surface area contributed by atoms with E-state index in [1.807, 2.05) is 0 Å². The Morgan fingerprint density at radius 1 is 1.00 bits per heavy atom. The number of aliphatic hydroxyl groups excluding tert-OH is 1. The van der Waals surface area contributed by atoms with E-state index in [1.165, 1.54) is 19.1 Å². The maximum Gasteiger partial charge on any atom is 0.198 e. The smallest absolute Gasteiger partial charge is 0.198 e. The maximum absolute atomic E-state index is 15.4. The van der Waals surface area contributed by atoms with Gasteiger partial charge in [0.05, 0.1) is 24.3 Å². The topological polar surface area (TPSA) is 134 Å². The number of fused-ring (bicyclic) bond motifs is 3. The van der Waals surface area contributed by atoms with E-state index < -0.39 is 69.8 Å². The molecule has 8 nitrogen and oxygen atoms in total. The molecule has 1 heterocycles. The van der Waals surface area contributed by atoms with Gasteiger partial charge in [-0.3, -0.25) is 9.59 Å². The number of alkyl halides is 1. The largest absolute Gasteiger partial charge is 0.507 e. The molecule has 1 saturated heterocycles. The molecule has 0 spiro atoms. The number of aliphatic hydroxyl groups is 2. The van der Waals surface area contributed by atoms with Gasteiger partial charge in [-0.2, -0.15) is 0 Å². The average Bonchev–Trinajstić information content (AvgIpc) is 3.21. The number of carbonyl (C=O) groups excluding carboxylic acids is 2. The Morgan fingerprint density at radius 3 is 2.06 bits per heavy atom. The summed E-state index contributed by atoms with van der Waals surface area (Å²) in [6.45, 7) is 1.48. The molecule has 2 aromatic carbocycles. The Morgan fingerprint density at radius 2 is 1.52 bits per heavy atom. The summed E-state index contributed by atoms with van der Waals surface area (Å²) in [5, 5.41) is 43.7. The minimum Gasteiger partial charge on any atom is -0.507 e. The first-order valence-corrected chi connectivity index (χ1v) is 9.74. The first-order valence-electron chi connectivity index (χ1n) is 9.74. The highest BCUT2D eigenvalue weighted by Gasteiger charge is 2.62. The van der Waals surface area contributed by atoms with Crippen molar-refractivity contribution in [2.45, 2.75) is 37.0 Å². The minimum atomic E-state index is -2.44. The van der Waals surface area contributed by atoms with Crippen LogP contribution in [0.3, 0.4) is 0 Å². The maximum atomic E-state index is 15.4. The second-order valence-electron chi connectivity index (χ2n) is 8.13. The van der Waals surface area contributed by atoms with Crippen molar-refractivity contribution in [1.29, 1.82) is 0 Å². The Bertz CT molecular complexity index is 1150. The third-order valence-electron chi connectivity index (χ3n) is 6.56. The van der Waals surface area contributed by atoms with Gasteiger partial charge in [-0.15, -0.1) is 0 Å². The van der Waals surface area contributed by atoms with E-state index in [9.17, 15) is 30.0 Å². The molecule has 3 atom stereocenters. The van der Waals surface area contributed by atoms with E-state index in [4.69, 9.17) is 9.47 Å². The van der Waals surface area contributed by atoms with Crippen molar-refractivity contribution in [3.05, 3.63) is 57.6 Å². The highest BCUT2D eigenvalue weighted by atomic mass is 19.1. The van der Waals surface area contributed by atoms with E-state index in [0.717, 1.165) is 0 Å². The van der Waals surface area contributed by atoms with E-state index >= 15 is 4.39 Å². The number of aromatic hydroxyl groups is 2. The van der Waals surface area contributed by atoms with Crippen LogP contribution in [0.5, 0.6) is 11.5 Å². The average molecular weight is 430 g/mol. The molecule has 3 unspecified atom stereocenters. The lowest BCUT2D eigenvalue weighted by molar-refractivity contribution is -0.290. The number of rotatable bonds is 1. The Kier molecular flexibility index (Phi) is 4.10. The molecule has 31 heavy (non-hydrogen) atoms. The van der Waals surface area contributed by atoms with Crippen LogP contribution in [0.15, 0.2) is 24.3 Å². The van der Waals surface area contributed by atoms with Crippen molar-refractivity contribution >= 4 is 11.6 Å². The number of ketones is 2. The molecule has 162 valence electrons. The Labute approximate surface area is 175 Å². The molecule has 0 bridgehead atoms. The number of phenolic OH excluding ortho intramolecular Hbond substituents is 2. The number of hydrogen-bond donors (Lipinski definition) is 4. The van der Waals surface area contributed by atoms with Gasteiger partial charge in [0, 0.05) is 28.7 Å². The molecule has 2 aliphatic carbocycles. The van der Waals surface area contributed by atoms with E-state index in [0.29, 0.717) is 0 Å². The van der Waals surface area contributed by atoms with Gasteiger partial charge in [-0.05, 0) is 6.92 Å². The lowest BCUT2D eigenvalue weighted by Gasteiger charge is -2.47. The van der Waals surface area contributed by atoms with Gasteiger partial charge < -0.3 is 29.9 Å². The van der Waals surface area contributed by atoms with Crippen LogP contribution < -0.4 is 0 Å². The van der Waals surface area contributed by atoms with Crippen LogP contribution in [0.25, 0.3) is 0 Å². The summed E-state index contributed by atoms with van der Waals surface area (Å²) in [4.78, 5) is 26.1. The summed E-state index contributed by atoms with van der Waals surface area (Å²) in [5.74, 6) is -4.79. The molecule has 9 heteroatoms. The normalized spacial score (nSPS) is 28.8. The Balaban J connectivity index is 1.76. The second kappa shape index (κ2) is 6.33. The molecule has 0 radical (unpaired) electrons. The molecule has 5 rings (SSSR count). The summed E-state index contributed by atoms with van der Waals surface area (Å²) in [6.07, 6.45) is -5.13. The van der Waals surface area contributed by atoms with Gasteiger partial charge in [-0.1, -0.05) is 24.3 Å². The van der Waals surface area contributed by atoms with Gasteiger partial charge in [0.15, 0.2) is 29.1 Å². The van der Waals surface area contributed by atoms with Crippen LogP contribution >= 0.6 is 0 Å². The second-order valence-corrected chi connectivity index (χ2v) is 8.13. The molecule has 0 aromatic heterocycles. The van der Waals surface area contributed by atoms with Crippen LogP contribution in [0.2, 0.25) is 0 Å². The van der Waals surface area contributed by atoms with Gasteiger partial charge in [0.2, 0.25) is 0 Å². The Hall–Kier alpha value is -2.85. The van der Waals surface area contributed by atoms with Crippen LogP contribution in [0.1, 0.15) is 56.0 Å². The predicted octanol–water partition coefficient (Wildman–Crippen LogP) is 1.29. The molecular weight excluding hydrogens is 411 g/mol. The third-order valence-corrected chi connectivity index (χ3v) is 6.56. The lowest BCUT2D eigenvalue weighted by Crippen LogP contribution is -2.63. The van der Waals surface area contributed by atoms with Crippen LogP contribution in [-0.4, -0.2) is 62.8 Å². The van der Waals surface area contributed by atoms with Crippen LogP contribution in [0, 0.1) is 0 Å². The molecule has 3 aliphatic rings. The van der Waals surface area contributed by atoms with Crippen molar-refractivity contribution in [3.63, 3.8) is 0 Å². The molecule has 4 N–H and O–H groups in total. The molecule has 1 aliphatic heterocycles.